The Kier molecular flexibility index (Phi) is 3.91. The number of hydrogen-bond acceptors (Lipinski definition) is 5. The fourth-order valence-corrected chi connectivity index (χ4v) is 1.98. The molecular weight excluding hydrogens is 228 g/mol. The lowest BCUT2D eigenvalue weighted by atomic mass is 10.0. The van der Waals surface area contributed by atoms with Gasteiger partial charge in [0, 0.05) is 18.7 Å². The maximum Gasteiger partial charge on any atom is 0.138 e. The van der Waals surface area contributed by atoms with Crippen molar-refractivity contribution in [1.82, 2.24) is 20.2 Å². The van der Waals surface area contributed by atoms with Crippen molar-refractivity contribution in [3.8, 4) is 0 Å². The van der Waals surface area contributed by atoms with Gasteiger partial charge in [0.25, 0.3) is 0 Å². The minimum Gasteiger partial charge on any atom is -0.398 e. The van der Waals surface area contributed by atoms with E-state index < -0.39 is 0 Å². The van der Waals surface area contributed by atoms with E-state index >= 15 is 0 Å². The fraction of sp³-hybridized carbons (Fsp3) is 0.333. The summed E-state index contributed by atoms with van der Waals surface area (Å²) < 4.78 is 1.85. The van der Waals surface area contributed by atoms with E-state index in [1.165, 1.54) is 0 Å². The maximum absolute atomic E-state index is 5.96. The summed E-state index contributed by atoms with van der Waals surface area (Å²) in [5.74, 6) is 6.51. The highest BCUT2D eigenvalue weighted by Gasteiger charge is 2.16. The first kappa shape index (κ1) is 12.5. The quantitative estimate of drug-likeness (QED) is 0.408. The highest BCUT2D eigenvalue weighted by Crippen LogP contribution is 2.22. The van der Waals surface area contributed by atoms with Gasteiger partial charge < -0.3 is 5.73 Å². The molecule has 0 fully saturated rings. The minimum atomic E-state index is -0.0688. The van der Waals surface area contributed by atoms with Gasteiger partial charge in [-0.1, -0.05) is 18.2 Å². The van der Waals surface area contributed by atoms with Gasteiger partial charge in [0.2, 0.25) is 0 Å². The van der Waals surface area contributed by atoms with Crippen LogP contribution < -0.4 is 17.0 Å². The van der Waals surface area contributed by atoms with Crippen molar-refractivity contribution < 1.29 is 0 Å². The van der Waals surface area contributed by atoms with Crippen LogP contribution >= 0.6 is 0 Å². The van der Waals surface area contributed by atoms with Crippen LogP contribution in [-0.4, -0.2) is 14.8 Å². The van der Waals surface area contributed by atoms with Gasteiger partial charge in [-0.25, -0.2) is 4.98 Å². The van der Waals surface area contributed by atoms with Crippen molar-refractivity contribution in [3.63, 3.8) is 0 Å². The number of nitrogens with zero attached hydrogens (tertiary/aromatic N) is 3. The third-order valence-electron chi connectivity index (χ3n) is 2.95. The van der Waals surface area contributed by atoms with E-state index in [9.17, 15) is 0 Å². The van der Waals surface area contributed by atoms with Crippen LogP contribution in [0.2, 0.25) is 0 Å². The second-order valence-corrected chi connectivity index (χ2v) is 4.04. The topological polar surface area (TPSA) is 94.8 Å². The van der Waals surface area contributed by atoms with Crippen molar-refractivity contribution in [2.24, 2.45) is 5.84 Å². The molecule has 18 heavy (non-hydrogen) atoms. The minimum absolute atomic E-state index is 0.0688. The normalized spacial score (nSPS) is 12.6. The first-order valence-corrected chi connectivity index (χ1v) is 5.93. The Morgan fingerprint density at radius 1 is 1.39 bits per heavy atom. The first-order valence-electron chi connectivity index (χ1n) is 5.93. The summed E-state index contributed by atoms with van der Waals surface area (Å²) in [6.45, 7) is 2.82. The lowest BCUT2D eigenvalue weighted by Crippen LogP contribution is -2.31. The van der Waals surface area contributed by atoms with Gasteiger partial charge in [-0.3, -0.25) is 16.0 Å². The van der Waals surface area contributed by atoms with Crippen LogP contribution in [0.15, 0.2) is 30.6 Å². The Balaban J connectivity index is 2.23. The average Bonchev–Trinajstić information content (AvgIpc) is 2.84. The third kappa shape index (κ3) is 2.49. The molecule has 0 saturated carbocycles. The van der Waals surface area contributed by atoms with Crippen LogP contribution in [-0.2, 0) is 13.0 Å². The number of aromatic nitrogens is 3. The molecule has 2 aromatic rings. The fourth-order valence-electron chi connectivity index (χ4n) is 1.98. The van der Waals surface area contributed by atoms with Crippen LogP contribution in [0, 0.1) is 0 Å². The second kappa shape index (κ2) is 5.61. The summed E-state index contributed by atoms with van der Waals surface area (Å²) in [5, 5.41) is 4.14. The van der Waals surface area contributed by atoms with Gasteiger partial charge in [0.05, 0.1) is 6.04 Å². The Bertz CT molecular complexity index is 507. The van der Waals surface area contributed by atoms with E-state index in [1.54, 1.807) is 6.33 Å². The standard InChI is InChI=1S/C12H18N6/c1-2-18-12(15-8-16-18)7-11(17-14)9-5-3-4-6-10(9)13/h3-6,8,11,17H,2,7,13-14H2,1H3. The molecule has 0 aliphatic carbocycles. The van der Waals surface area contributed by atoms with Crippen LogP contribution in [0.1, 0.15) is 24.4 Å². The van der Waals surface area contributed by atoms with Crippen LogP contribution in [0.5, 0.6) is 0 Å². The van der Waals surface area contributed by atoms with E-state index in [-0.39, 0.29) is 6.04 Å². The number of hydrogen-bond donors (Lipinski definition) is 3. The summed E-state index contributed by atoms with van der Waals surface area (Å²) in [5.41, 5.74) is 10.4. The third-order valence-corrected chi connectivity index (χ3v) is 2.95. The highest BCUT2D eigenvalue weighted by molar-refractivity contribution is 5.48. The lowest BCUT2D eigenvalue weighted by Gasteiger charge is -2.17. The summed E-state index contributed by atoms with van der Waals surface area (Å²) in [7, 11) is 0. The molecule has 2 rings (SSSR count). The van der Waals surface area contributed by atoms with E-state index in [2.05, 4.69) is 15.5 Å². The van der Waals surface area contributed by atoms with Crippen LogP contribution in [0.25, 0.3) is 0 Å². The largest absolute Gasteiger partial charge is 0.398 e. The summed E-state index contributed by atoms with van der Waals surface area (Å²) in [6, 6.07) is 7.61. The molecule has 5 N–H and O–H groups in total. The van der Waals surface area contributed by atoms with E-state index in [0.29, 0.717) is 6.42 Å². The Hall–Kier alpha value is -1.92. The van der Waals surface area contributed by atoms with E-state index in [1.807, 2.05) is 35.9 Å². The molecule has 0 radical (unpaired) electrons. The highest BCUT2D eigenvalue weighted by atomic mass is 15.3. The molecule has 1 heterocycles. The van der Waals surface area contributed by atoms with Gasteiger partial charge in [-0.2, -0.15) is 5.10 Å². The number of nitrogen functional groups attached to an aromatic ring is 1. The molecule has 6 nitrogen and oxygen atoms in total. The van der Waals surface area contributed by atoms with Crippen molar-refractivity contribution in [2.45, 2.75) is 25.9 Å². The molecule has 0 bridgehead atoms. The van der Waals surface area contributed by atoms with Gasteiger partial charge in [-0.15, -0.1) is 0 Å². The molecule has 0 saturated heterocycles. The van der Waals surface area contributed by atoms with Crippen molar-refractivity contribution >= 4 is 5.69 Å². The molecular formula is C12H18N6. The van der Waals surface area contributed by atoms with Gasteiger partial charge in [0.1, 0.15) is 12.2 Å². The number of aryl methyl sites for hydroxylation is 1. The van der Waals surface area contributed by atoms with Crippen molar-refractivity contribution in [2.75, 3.05) is 5.73 Å². The maximum atomic E-state index is 5.96. The molecule has 1 aromatic heterocycles. The van der Waals surface area contributed by atoms with Crippen molar-refractivity contribution in [1.29, 1.82) is 0 Å². The lowest BCUT2D eigenvalue weighted by molar-refractivity contribution is 0.511. The summed E-state index contributed by atoms with van der Waals surface area (Å²) in [6.07, 6.45) is 2.21. The molecule has 0 aliphatic heterocycles. The average molecular weight is 246 g/mol. The molecule has 0 aliphatic rings. The van der Waals surface area contributed by atoms with Gasteiger partial charge >= 0.3 is 0 Å². The van der Waals surface area contributed by atoms with E-state index in [4.69, 9.17) is 11.6 Å². The zero-order chi connectivity index (χ0) is 13.0. The molecule has 1 aromatic carbocycles. The SMILES string of the molecule is CCn1ncnc1CC(NN)c1ccccc1N. The number of nitrogens with one attached hydrogen (secondary N) is 1. The molecule has 0 amide bonds. The monoisotopic (exact) mass is 246 g/mol. The smallest absolute Gasteiger partial charge is 0.138 e. The number of benzene rings is 1. The number of rotatable bonds is 5. The molecule has 0 spiro atoms. The number of hydrazine groups is 1. The predicted molar refractivity (Wildman–Crippen MR) is 70.3 cm³/mol. The van der Waals surface area contributed by atoms with Crippen LogP contribution in [0.3, 0.4) is 0 Å². The zero-order valence-electron chi connectivity index (χ0n) is 10.4. The Labute approximate surface area is 106 Å². The number of nitrogens with two attached hydrogens (primary N) is 2. The molecule has 1 atom stereocenters. The summed E-state index contributed by atoms with van der Waals surface area (Å²) >= 11 is 0. The van der Waals surface area contributed by atoms with Crippen LogP contribution in [0.4, 0.5) is 5.69 Å². The Morgan fingerprint density at radius 2 is 2.17 bits per heavy atom. The number of para-hydroxylation sites is 1. The van der Waals surface area contributed by atoms with E-state index in [0.717, 1.165) is 23.6 Å². The predicted octanol–water partition coefficient (Wildman–Crippen LogP) is 0.627. The molecule has 1 unspecified atom stereocenters. The van der Waals surface area contributed by atoms with Gasteiger partial charge in [-0.05, 0) is 18.6 Å². The molecule has 96 valence electrons. The van der Waals surface area contributed by atoms with Gasteiger partial charge in [0.15, 0.2) is 0 Å². The first-order chi connectivity index (χ1) is 8.76. The molecule has 6 heteroatoms. The second-order valence-electron chi connectivity index (χ2n) is 4.04. The Morgan fingerprint density at radius 3 is 2.83 bits per heavy atom. The van der Waals surface area contributed by atoms with Crippen molar-refractivity contribution in [3.05, 3.63) is 42.0 Å². The zero-order valence-corrected chi connectivity index (χ0v) is 10.4. The summed E-state index contributed by atoms with van der Waals surface area (Å²) in [4.78, 5) is 4.25. The number of anilines is 1.